The van der Waals surface area contributed by atoms with Crippen LogP contribution in [0.25, 0.3) is 0 Å². The van der Waals surface area contributed by atoms with Crippen LogP contribution in [-0.2, 0) is 4.79 Å². The first-order chi connectivity index (χ1) is 11.3. The summed E-state index contributed by atoms with van der Waals surface area (Å²) in [6.07, 6.45) is 7.40. The van der Waals surface area contributed by atoms with E-state index >= 15 is 0 Å². The van der Waals surface area contributed by atoms with E-state index in [0.29, 0.717) is 6.42 Å². The minimum Gasteiger partial charge on any atom is -0.348 e. The van der Waals surface area contributed by atoms with Crippen molar-refractivity contribution >= 4 is 5.91 Å². The molecule has 1 saturated heterocycles. The molecule has 0 aliphatic carbocycles. The number of nitrogens with zero attached hydrogens (tertiary/aromatic N) is 1. The van der Waals surface area contributed by atoms with Crippen molar-refractivity contribution in [2.24, 2.45) is 5.73 Å². The van der Waals surface area contributed by atoms with Crippen molar-refractivity contribution in [3.8, 4) is 0 Å². The van der Waals surface area contributed by atoms with Gasteiger partial charge in [0.15, 0.2) is 0 Å². The molecule has 1 heterocycles. The van der Waals surface area contributed by atoms with Crippen LogP contribution in [0.1, 0.15) is 56.6 Å². The van der Waals surface area contributed by atoms with Crippen LogP contribution in [0.2, 0.25) is 0 Å². The normalized spacial score (nSPS) is 16.4. The van der Waals surface area contributed by atoms with Crippen LogP contribution in [0.5, 0.6) is 0 Å². The molecule has 1 aliphatic rings. The topological polar surface area (TPSA) is 58.4 Å². The summed E-state index contributed by atoms with van der Waals surface area (Å²) in [5, 5.41) is 3.25. The molecular weight excluding hydrogens is 286 g/mol. The van der Waals surface area contributed by atoms with Crippen LogP contribution >= 0.6 is 0 Å². The first kappa shape index (κ1) is 18.0. The Bertz CT molecular complexity index is 443. The molecule has 4 nitrogen and oxygen atoms in total. The summed E-state index contributed by atoms with van der Waals surface area (Å²) in [5.74, 6) is 0.172. The van der Waals surface area contributed by atoms with Crippen LogP contribution in [0.15, 0.2) is 30.3 Å². The standard InChI is InChI=1S/C19H31N3O/c20-13-7-2-1-6-12-19(23)21-18(16-22-14-8-9-15-22)17-10-4-3-5-11-17/h3-5,10-11,18H,1-2,6-9,12-16,20H2,(H,21,23). The number of hydrogen-bond acceptors (Lipinski definition) is 3. The number of rotatable bonds is 10. The van der Waals surface area contributed by atoms with E-state index in [2.05, 4.69) is 22.3 Å². The summed E-state index contributed by atoms with van der Waals surface area (Å²) in [5.41, 5.74) is 6.70. The summed E-state index contributed by atoms with van der Waals surface area (Å²) in [7, 11) is 0. The van der Waals surface area contributed by atoms with Gasteiger partial charge in [-0.15, -0.1) is 0 Å². The van der Waals surface area contributed by atoms with Crippen molar-refractivity contribution < 1.29 is 4.79 Å². The van der Waals surface area contributed by atoms with Gasteiger partial charge in [-0.2, -0.15) is 0 Å². The monoisotopic (exact) mass is 317 g/mol. The van der Waals surface area contributed by atoms with Gasteiger partial charge >= 0.3 is 0 Å². The van der Waals surface area contributed by atoms with Gasteiger partial charge in [0.25, 0.3) is 0 Å². The van der Waals surface area contributed by atoms with E-state index in [1.165, 1.54) is 18.4 Å². The molecule has 23 heavy (non-hydrogen) atoms. The first-order valence-electron chi connectivity index (χ1n) is 9.06. The Balaban J connectivity index is 1.82. The minimum absolute atomic E-state index is 0.103. The van der Waals surface area contributed by atoms with Crippen molar-refractivity contribution in [3.63, 3.8) is 0 Å². The number of nitrogens with one attached hydrogen (secondary N) is 1. The molecule has 0 bridgehead atoms. The Labute approximate surface area is 140 Å². The highest BCUT2D eigenvalue weighted by Crippen LogP contribution is 2.18. The van der Waals surface area contributed by atoms with Gasteiger partial charge in [0, 0.05) is 13.0 Å². The van der Waals surface area contributed by atoms with Crippen LogP contribution in [0, 0.1) is 0 Å². The number of unbranched alkanes of at least 4 members (excludes halogenated alkanes) is 3. The smallest absolute Gasteiger partial charge is 0.220 e. The molecule has 0 radical (unpaired) electrons. The highest BCUT2D eigenvalue weighted by Gasteiger charge is 2.20. The molecule has 0 saturated carbocycles. The van der Waals surface area contributed by atoms with Crippen LogP contribution < -0.4 is 11.1 Å². The largest absolute Gasteiger partial charge is 0.348 e. The lowest BCUT2D eigenvalue weighted by atomic mass is 10.1. The number of nitrogens with two attached hydrogens (primary N) is 1. The highest BCUT2D eigenvalue weighted by atomic mass is 16.1. The molecule has 128 valence electrons. The van der Waals surface area contributed by atoms with Gasteiger partial charge in [0.2, 0.25) is 5.91 Å². The summed E-state index contributed by atoms with van der Waals surface area (Å²) in [6.45, 7) is 3.97. The minimum atomic E-state index is 0.103. The third-order valence-electron chi connectivity index (χ3n) is 4.53. The van der Waals surface area contributed by atoms with Gasteiger partial charge in [-0.25, -0.2) is 0 Å². The molecular formula is C19H31N3O. The first-order valence-corrected chi connectivity index (χ1v) is 9.06. The summed E-state index contributed by atoms with van der Waals surface area (Å²) in [4.78, 5) is 14.7. The zero-order chi connectivity index (χ0) is 16.3. The van der Waals surface area contributed by atoms with Crippen LogP contribution in [0.4, 0.5) is 0 Å². The number of carbonyl (C=O) groups is 1. The van der Waals surface area contributed by atoms with E-state index in [0.717, 1.165) is 51.9 Å². The van der Waals surface area contributed by atoms with Gasteiger partial charge in [0.1, 0.15) is 0 Å². The van der Waals surface area contributed by atoms with E-state index in [1.807, 2.05) is 18.2 Å². The van der Waals surface area contributed by atoms with Gasteiger partial charge < -0.3 is 16.0 Å². The second kappa shape index (κ2) is 10.4. The van der Waals surface area contributed by atoms with E-state index < -0.39 is 0 Å². The van der Waals surface area contributed by atoms with Crippen LogP contribution in [0.3, 0.4) is 0 Å². The number of carbonyl (C=O) groups excluding carboxylic acids is 1. The second-order valence-corrected chi connectivity index (χ2v) is 6.49. The molecule has 1 amide bonds. The third kappa shape index (κ3) is 6.71. The molecule has 1 aliphatic heterocycles. The zero-order valence-corrected chi connectivity index (χ0v) is 14.2. The Hall–Kier alpha value is -1.39. The Morgan fingerprint density at radius 3 is 2.48 bits per heavy atom. The fourth-order valence-electron chi connectivity index (χ4n) is 3.19. The fraction of sp³-hybridized carbons (Fsp3) is 0.632. The average Bonchev–Trinajstić information content (AvgIpc) is 3.08. The summed E-state index contributed by atoms with van der Waals surface area (Å²) in [6, 6.07) is 10.4. The Kier molecular flexibility index (Phi) is 8.12. The van der Waals surface area contributed by atoms with Crippen molar-refractivity contribution in [1.82, 2.24) is 10.2 Å². The van der Waals surface area contributed by atoms with Crippen molar-refractivity contribution in [2.75, 3.05) is 26.2 Å². The molecule has 1 atom stereocenters. The average molecular weight is 317 g/mol. The van der Waals surface area contributed by atoms with Crippen molar-refractivity contribution in [2.45, 2.75) is 51.0 Å². The predicted octanol–water partition coefficient (Wildman–Crippen LogP) is 2.85. The van der Waals surface area contributed by atoms with E-state index in [-0.39, 0.29) is 11.9 Å². The van der Waals surface area contributed by atoms with Gasteiger partial charge in [-0.1, -0.05) is 43.2 Å². The lowest BCUT2D eigenvalue weighted by Gasteiger charge is -2.25. The fourth-order valence-corrected chi connectivity index (χ4v) is 3.19. The quantitative estimate of drug-likeness (QED) is 0.652. The van der Waals surface area contributed by atoms with Gasteiger partial charge in [-0.05, 0) is 50.9 Å². The maximum absolute atomic E-state index is 12.3. The van der Waals surface area contributed by atoms with Crippen molar-refractivity contribution in [3.05, 3.63) is 35.9 Å². The lowest BCUT2D eigenvalue weighted by Crippen LogP contribution is -2.36. The molecule has 0 aromatic heterocycles. The number of benzene rings is 1. The molecule has 1 aromatic rings. The molecule has 4 heteroatoms. The maximum Gasteiger partial charge on any atom is 0.220 e. The molecule has 1 fully saturated rings. The molecule has 1 unspecified atom stereocenters. The maximum atomic E-state index is 12.3. The second-order valence-electron chi connectivity index (χ2n) is 6.49. The predicted molar refractivity (Wildman–Crippen MR) is 95.1 cm³/mol. The summed E-state index contributed by atoms with van der Waals surface area (Å²) < 4.78 is 0. The molecule has 2 rings (SSSR count). The lowest BCUT2D eigenvalue weighted by molar-refractivity contribution is -0.122. The third-order valence-corrected chi connectivity index (χ3v) is 4.53. The van der Waals surface area contributed by atoms with Gasteiger partial charge in [-0.3, -0.25) is 4.79 Å². The highest BCUT2D eigenvalue weighted by molar-refractivity contribution is 5.76. The van der Waals surface area contributed by atoms with Crippen molar-refractivity contribution in [1.29, 1.82) is 0 Å². The number of amides is 1. The molecule has 0 spiro atoms. The van der Waals surface area contributed by atoms with E-state index in [9.17, 15) is 4.79 Å². The zero-order valence-electron chi connectivity index (χ0n) is 14.2. The Morgan fingerprint density at radius 1 is 1.09 bits per heavy atom. The number of hydrogen-bond donors (Lipinski definition) is 2. The van der Waals surface area contributed by atoms with E-state index in [4.69, 9.17) is 5.73 Å². The Morgan fingerprint density at radius 2 is 1.78 bits per heavy atom. The molecule has 1 aromatic carbocycles. The van der Waals surface area contributed by atoms with Crippen LogP contribution in [-0.4, -0.2) is 37.0 Å². The van der Waals surface area contributed by atoms with Gasteiger partial charge in [0.05, 0.1) is 6.04 Å². The summed E-state index contributed by atoms with van der Waals surface area (Å²) >= 11 is 0. The molecule has 3 N–H and O–H groups in total. The number of likely N-dealkylation sites (tertiary alicyclic amines) is 1. The van der Waals surface area contributed by atoms with E-state index in [1.54, 1.807) is 0 Å². The SMILES string of the molecule is NCCCCCCC(=O)NC(CN1CCCC1)c1ccccc1.